The molecule has 0 aliphatic rings. The van der Waals surface area contributed by atoms with E-state index in [2.05, 4.69) is 18.3 Å². The fourth-order valence-corrected chi connectivity index (χ4v) is 2.57. The van der Waals surface area contributed by atoms with Gasteiger partial charge < -0.3 is 11.5 Å². The van der Waals surface area contributed by atoms with Gasteiger partial charge in [0.1, 0.15) is 11.0 Å². The lowest BCUT2D eigenvalue weighted by Gasteiger charge is -2.19. The topological polar surface area (TPSA) is 85.5 Å². The first-order chi connectivity index (χ1) is 13.5. The molecule has 0 saturated carbocycles. The van der Waals surface area contributed by atoms with Gasteiger partial charge in [-0.2, -0.15) is 10.2 Å². The summed E-state index contributed by atoms with van der Waals surface area (Å²) >= 11 is 6.11. The summed E-state index contributed by atoms with van der Waals surface area (Å²) in [5, 5.41) is 10.4. The molecule has 0 saturated heterocycles. The average Bonchev–Trinajstić information content (AvgIpc) is 3.23. The van der Waals surface area contributed by atoms with Gasteiger partial charge in [-0.3, -0.25) is 5.01 Å². The van der Waals surface area contributed by atoms with Crippen LogP contribution in [0.15, 0.2) is 108 Å². The minimum absolute atomic E-state index is 0.0432. The summed E-state index contributed by atoms with van der Waals surface area (Å²) in [7, 11) is 1.73. The van der Waals surface area contributed by atoms with E-state index in [0.717, 1.165) is 11.1 Å². The number of hydrogen-bond donors (Lipinski definition) is 2. The van der Waals surface area contributed by atoms with E-state index in [1.807, 2.05) is 36.4 Å². The molecule has 2 aromatic rings. The molecule has 0 radical (unpaired) electrons. The van der Waals surface area contributed by atoms with Crippen LogP contribution in [0.25, 0.3) is 5.82 Å². The fraction of sp³-hybridized carbons (Fsp3) is 0.0476. The molecule has 0 spiro atoms. The molecule has 0 bridgehead atoms. The van der Waals surface area contributed by atoms with Crippen LogP contribution in [0.5, 0.6) is 0 Å². The van der Waals surface area contributed by atoms with Crippen LogP contribution < -0.4 is 11.5 Å². The SMILES string of the molecule is C=C/C=C(C=C)/C(=N/N(C)C(/C=C(\N)n1cccn1)=C(/N)Cl)c1ccccc1. The van der Waals surface area contributed by atoms with E-state index in [0.29, 0.717) is 17.2 Å². The molecule has 4 N–H and O–H groups in total. The lowest BCUT2D eigenvalue weighted by atomic mass is 10.0. The average molecular weight is 395 g/mol. The lowest BCUT2D eigenvalue weighted by Crippen LogP contribution is -2.19. The lowest BCUT2D eigenvalue weighted by molar-refractivity contribution is 0.458. The number of rotatable bonds is 8. The van der Waals surface area contributed by atoms with Gasteiger partial charge in [-0.05, 0) is 6.07 Å². The van der Waals surface area contributed by atoms with E-state index in [4.69, 9.17) is 28.2 Å². The molecule has 0 aliphatic carbocycles. The molecular formula is C21H23ClN6. The minimum Gasteiger partial charge on any atom is -0.388 e. The number of aromatic nitrogens is 2. The van der Waals surface area contributed by atoms with E-state index < -0.39 is 0 Å². The number of benzene rings is 1. The molecule has 1 aromatic heterocycles. The smallest absolute Gasteiger partial charge is 0.127 e. The Morgan fingerprint density at radius 1 is 1.21 bits per heavy atom. The molecule has 0 atom stereocenters. The first-order valence-electron chi connectivity index (χ1n) is 8.43. The number of hydrogen-bond acceptors (Lipinski definition) is 5. The van der Waals surface area contributed by atoms with Crippen LogP contribution in [0.1, 0.15) is 5.56 Å². The van der Waals surface area contributed by atoms with Crippen molar-refractivity contribution >= 4 is 23.1 Å². The van der Waals surface area contributed by atoms with E-state index in [9.17, 15) is 0 Å². The van der Waals surface area contributed by atoms with E-state index >= 15 is 0 Å². The van der Waals surface area contributed by atoms with Gasteiger partial charge >= 0.3 is 0 Å². The summed E-state index contributed by atoms with van der Waals surface area (Å²) in [5.74, 6) is 0.345. The number of nitrogens with two attached hydrogens (primary N) is 2. The maximum Gasteiger partial charge on any atom is 0.127 e. The van der Waals surface area contributed by atoms with Gasteiger partial charge in [-0.1, -0.05) is 73.3 Å². The van der Waals surface area contributed by atoms with Crippen LogP contribution in [0.2, 0.25) is 0 Å². The molecule has 7 heteroatoms. The molecule has 6 nitrogen and oxygen atoms in total. The molecule has 28 heavy (non-hydrogen) atoms. The van der Waals surface area contributed by atoms with Crippen molar-refractivity contribution in [1.82, 2.24) is 14.8 Å². The highest BCUT2D eigenvalue weighted by molar-refractivity contribution is 6.29. The summed E-state index contributed by atoms with van der Waals surface area (Å²) in [6.07, 6.45) is 10.2. The van der Waals surface area contributed by atoms with Crippen LogP contribution in [0.3, 0.4) is 0 Å². The van der Waals surface area contributed by atoms with Gasteiger partial charge in [0.25, 0.3) is 0 Å². The van der Waals surface area contributed by atoms with Gasteiger partial charge in [-0.15, -0.1) is 0 Å². The second-order valence-electron chi connectivity index (χ2n) is 5.65. The van der Waals surface area contributed by atoms with Crippen LogP contribution in [-0.4, -0.2) is 27.5 Å². The number of nitrogens with zero attached hydrogens (tertiary/aromatic N) is 4. The van der Waals surface area contributed by atoms with Crippen molar-refractivity contribution in [2.45, 2.75) is 0 Å². The normalized spacial score (nSPS) is 13.7. The second-order valence-corrected chi connectivity index (χ2v) is 6.06. The van der Waals surface area contributed by atoms with Crippen molar-refractivity contribution in [1.29, 1.82) is 0 Å². The standard InChI is InChI=1S/C21H23ClN6/c1-4-10-16(5-2)20(17-11-7-6-8-12-17)26-27(3)18(21(22)24)15-19(23)28-14-9-13-25-28/h4-15H,1-2,23-24H2,3H3/b16-10+,19-15+,21-18+,26-20-. The summed E-state index contributed by atoms with van der Waals surface area (Å²) in [5.41, 5.74) is 14.8. The Morgan fingerprint density at radius 3 is 2.46 bits per heavy atom. The van der Waals surface area contributed by atoms with Crippen LogP contribution in [0, 0.1) is 0 Å². The maximum absolute atomic E-state index is 6.11. The van der Waals surface area contributed by atoms with Crippen LogP contribution in [-0.2, 0) is 0 Å². The van der Waals surface area contributed by atoms with E-state index in [1.54, 1.807) is 48.7 Å². The molecule has 0 aliphatic heterocycles. The number of halogens is 1. The first kappa shape index (κ1) is 20.8. The van der Waals surface area contributed by atoms with Gasteiger partial charge in [0, 0.05) is 36.7 Å². The van der Waals surface area contributed by atoms with Crippen molar-refractivity contribution in [3.63, 3.8) is 0 Å². The highest BCUT2D eigenvalue weighted by Crippen LogP contribution is 2.17. The molecule has 2 rings (SSSR count). The second kappa shape index (κ2) is 9.99. The predicted octanol–water partition coefficient (Wildman–Crippen LogP) is 3.64. The quantitative estimate of drug-likeness (QED) is 0.310. The number of hydrazone groups is 1. The molecule has 1 heterocycles. The third-order valence-corrected chi connectivity index (χ3v) is 3.93. The molecule has 0 unspecified atom stereocenters. The molecule has 0 amide bonds. The number of allylic oxidation sites excluding steroid dienone is 5. The van der Waals surface area contributed by atoms with Gasteiger partial charge in [-0.25, -0.2) is 4.68 Å². The fourth-order valence-electron chi connectivity index (χ4n) is 2.40. The van der Waals surface area contributed by atoms with Crippen molar-refractivity contribution in [3.05, 3.63) is 108 Å². The Hall–Kier alpha value is -3.51. The minimum atomic E-state index is 0.0432. The Balaban J connectivity index is 2.53. The molecular weight excluding hydrogens is 372 g/mol. The molecule has 0 fully saturated rings. The highest BCUT2D eigenvalue weighted by Gasteiger charge is 2.12. The Morgan fingerprint density at radius 2 is 1.93 bits per heavy atom. The zero-order valence-electron chi connectivity index (χ0n) is 15.7. The third-order valence-electron chi connectivity index (χ3n) is 3.73. The Bertz CT molecular complexity index is 933. The van der Waals surface area contributed by atoms with Crippen molar-refractivity contribution in [2.75, 3.05) is 7.05 Å². The summed E-state index contributed by atoms with van der Waals surface area (Å²) in [6.45, 7) is 7.63. The highest BCUT2D eigenvalue weighted by atomic mass is 35.5. The van der Waals surface area contributed by atoms with Gasteiger partial charge in [0.05, 0.1) is 11.4 Å². The summed E-state index contributed by atoms with van der Waals surface area (Å²) < 4.78 is 1.50. The van der Waals surface area contributed by atoms with Crippen molar-refractivity contribution < 1.29 is 0 Å². The largest absolute Gasteiger partial charge is 0.388 e. The van der Waals surface area contributed by atoms with Crippen molar-refractivity contribution in [3.8, 4) is 0 Å². The van der Waals surface area contributed by atoms with Crippen LogP contribution in [0.4, 0.5) is 0 Å². The maximum atomic E-state index is 6.11. The molecule has 1 aromatic carbocycles. The zero-order valence-corrected chi connectivity index (χ0v) is 16.4. The van der Waals surface area contributed by atoms with Crippen LogP contribution >= 0.6 is 11.6 Å². The molecule has 144 valence electrons. The number of likely N-dealkylation sites (N-methyl/N-ethyl adjacent to an activating group) is 1. The van der Waals surface area contributed by atoms with Crippen molar-refractivity contribution in [2.24, 2.45) is 16.6 Å². The Labute approximate surface area is 170 Å². The summed E-state index contributed by atoms with van der Waals surface area (Å²) in [6, 6.07) is 11.5. The predicted molar refractivity (Wildman–Crippen MR) is 117 cm³/mol. The van der Waals surface area contributed by atoms with Gasteiger partial charge in [0.2, 0.25) is 0 Å². The monoisotopic (exact) mass is 394 g/mol. The summed E-state index contributed by atoms with van der Waals surface area (Å²) in [4.78, 5) is 0. The van der Waals surface area contributed by atoms with E-state index in [1.165, 1.54) is 4.68 Å². The Kier molecular flexibility index (Phi) is 7.42. The third kappa shape index (κ3) is 5.25. The zero-order chi connectivity index (χ0) is 20.5. The van der Waals surface area contributed by atoms with Gasteiger partial charge in [0.15, 0.2) is 0 Å². The first-order valence-corrected chi connectivity index (χ1v) is 8.81. The van der Waals surface area contributed by atoms with E-state index in [-0.39, 0.29) is 5.16 Å².